The molecular formula is C22H27ClN2O2S. The molecule has 2 amide bonds. The van der Waals surface area contributed by atoms with Crippen LogP contribution in [-0.2, 0) is 21.9 Å². The van der Waals surface area contributed by atoms with Crippen molar-refractivity contribution < 1.29 is 9.59 Å². The summed E-state index contributed by atoms with van der Waals surface area (Å²) in [5, 5.41) is 3.59. The molecule has 0 fully saturated rings. The summed E-state index contributed by atoms with van der Waals surface area (Å²) in [5.41, 5.74) is 2.01. The number of halogens is 1. The topological polar surface area (TPSA) is 49.4 Å². The summed E-state index contributed by atoms with van der Waals surface area (Å²) in [5.74, 6) is 0.770. The van der Waals surface area contributed by atoms with Gasteiger partial charge >= 0.3 is 0 Å². The van der Waals surface area contributed by atoms with Crippen molar-refractivity contribution in [3.05, 3.63) is 70.7 Å². The Bertz CT molecular complexity index is 770. The molecule has 0 unspecified atom stereocenters. The molecule has 0 aromatic heterocycles. The Kier molecular flexibility index (Phi) is 9.38. The van der Waals surface area contributed by atoms with E-state index in [9.17, 15) is 9.59 Å². The predicted octanol–water partition coefficient (Wildman–Crippen LogP) is 4.52. The Morgan fingerprint density at radius 3 is 2.46 bits per heavy atom. The lowest BCUT2D eigenvalue weighted by atomic mass is 10.1. The first-order chi connectivity index (χ1) is 13.5. The van der Waals surface area contributed by atoms with E-state index in [0.717, 1.165) is 17.5 Å². The van der Waals surface area contributed by atoms with Crippen molar-refractivity contribution in [3.63, 3.8) is 0 Å². The molecule has 0 aliphatic carbocycles. The van der Waals surface area contributed by atoms with Gasteiger partial charge in [-0.2, -0.15) is 0 Å². The number of amides is 2. The minimum atomic E-state index is -0.528. The number of carbonyl (C=O) groups is 2. The van der Waals surface area contributed by atoms with Crippen LogP contribution in [-0.4, -0.2) is 35.1 Å². The van der Waals surface area contributed by atoms with Gasteiger partial charge in [0.2, 0.25) is 11.8 Å². The Balaban J connectivity index is 2.03. The van der Waals surface area contributed by atoms with Crippen LogP contribution in [0.1, 0.15) is 31.4 Å². The third-order valence-corrected chi connectivity index (χ3v) is 5.69. The van der Waals surface area contributed by atoms with Crippen LogP contribution in [0.5, 0.6) is 0 Å². The van der Waals surface area contributed by atoms with E-state index in [1.54, 1.807) is 11.8 Å². The van der Waals surface area contributed by atoms with Gasteiger partial charge in [0.1, 0.15) is 6.04 Å². The van der Waals surface area contributed by atoms with Gasteiger partial charge in [-0.05, 0) is 30.5 Å². The second-order valence-corrected chi connectivity index (χ2v) is 7.95. The van der Waals surface area contributed by atoms with E-state index >= 15 is 0 Å². The van der Waals surface area contributed by atoms with E-state index in [4.69, 9.17) is 11.6 Å². The number of hydrogen-bond donors (Lipinski definition) is 1. The highest BCUT2D eigenvalue weighted by atomic mass is 35.5. The highest BCUT2D eigenvalue weighted by Gasteiger charge is 2.25. The van der Waals surface area contributed by atoms with Gasteiger partial charge in [0.05, 0.1) is 5.75 Å². The van der Waals surface area contributed by atoms with Gasteiger partial charge in [-0.3, -0.25) is 9.59 Å². The van der Waals surface area contributed by atoms with Crippen molar-refractivity contribution in [1.82, 2.24) is 10.2 Å². The quantitative estimate of drug-likeness (QED) is 0.617. The van der Waals surface area contributed by atoms with E-state index < -0.39 is 6.04 Å². The molecule has 0 spiro atoms. The first kappa shape index (κ1) is 22.3. The zero-order valence-electron chi connectivity index (χ0n) is 16.4. The lowest BCUT2D eigenvalue weighted by Crippen LogP contribution is -2.48. The number of nitrogens with zero attached hydrogens (tertiary/aromatic N) is 1. The maximum absolute atomic E-state index is 12.9. The van der Waals surface area contributed by atoms with Crippen LogP contribution in [0.25, 0.3) is 0 Å². The van der Waals surface area contributed by atoms with Crippen molar-refractivity contribution in [1.29, 1.82) is 0 Å². The fourth-order valence-corrected chi connectivity index (χ4v) is 3.90. The second kappa shape index (κ2) is 11.8. The van der Waals surface area contributed by atoms with E-state index in [1.807, 2.05) is 61.5 Å². The number of hydrogen-bond acceptors (Lipinski definition) is 3. The minimum absolute atomic E-state index is 0.0555. The number of rotatable bonds is 10. The monoisotopic (exact) mass is 418 g/mol. The lowest BCUT2D eigenvalue weighted by molar-refractivity contribution is -0.138. The third-order valence-electron chi connectivity index (χ3n) is 4.35. The van der Waals surface area contributed by atoms with Crippen molar-refractivity contribution in [2.75, 3.05) is 12.3 Å². The summed E-state index contributed by atoms with van der Waals surface area (Å²) in [6.45, 7) is 4.80. The zero-order chi connectivity index (χ0) is 20.4. The molecule has 4 nitrogen and oxygen atoms in total. The molecular weight excluding hydrogens is 392 g/mol. The van der Waals surface area contributed by atoms with Crippen molar-refractivity contribution in [3.8, 4) is 0 Å². The maximum Gasteiger partial charge on any atom is 0.242 e. The van der Waals surface area contributed by atoms with Crippen LogP contribution in [0, 0.1) is 0 Å². The molecule has 1 atom stereocenters. The number of thioether (sulfide) groups is 1. The molecule has 0 saturated carbocycles. The second-order valence-electron chi connectivity index (χ2n) is 6.56. The van der Waals surface area contributed by atoms with Crippen LogP contribution < -0.4 is 5.32 Å². The van der Waals surface area contributed by atoms with Crippen LogP contribution in [0.15, 0.2) is 54.6 Å². The van der Waals surface area contributed by atoms with Crippen molar-refractivity contribution in [2.24, 2.45) is 0 Å². The Labute approximate surface area is 176 Å². The van der Waals surface area contributed by atoms with Gasteiger partial charge in [-0.15, -0.1) is 11.8 Å². The molecule has 150 valence electrons. The first-order valence-corrected chi connectivity index (χ1v) is 11.0. The van der Waals surface area contributed by atoms with E-state index in [0.29, 0.717) is 29.6 Å². The Morgan fingerprint density at radius 1 is 1.11 bits per heavy atom. The molecule has 2 aromatic carbocycles. The molecule has 1 N–H and O–H groups in total. The van der Waals surface area contributed by atoms with Gasteiger partial charge in [-0.25, -0.2) is 0 Å². The standard InChI is InChI=1S/C22H27ClN2O2S/c1-3-13-24-22(27)17(2)25(14-18-9-5-4-6-10-18)21(26)16-28-15-19-11-7-8-12-20(19)23/h4-12,17H,3,13-16H2,1-2H3,(H,24,27)/t17-/m0/s1. The maximum atomic E-state index is 12.9. The third kappa shape index (κ3) is 6.88. The average Bonchev–Trinajstić information content (AvgIpc) is 2.71. The number of nitrogens with one attached hydrogen (secondary N) is 1. The average molecular weight is 419 g/mol. The van der Waals surface area contributed by atoms with E-state index in [-0.39, 0.29) is 11.8 Å². The summed E-state index contributed by atoms with van der Waals surface area (Å²) in [6.07, 6.45) is 0.860. The number of benzene rings is 2. The smallest absolute Gasteiger partial charge is 0.242 e. The highest BCUT2D eigenvalue weighted by Crippen LogP contribution is 2.21. The number of carbonyl (C=O) groups excluding carboxylic acids is 2. The van der Waals surface area contributed by atoms with Crippen molar-refractivity contribution in [2.45, 2.75) is 38.6 Å². The molecule has 28 heavy (non-hydrogen) atoms. The van der Waals surface area contributed by atoms with Gasteiger partial charge in [0.25, 0.3) is 0 Å². The molecule has 0 bridgehead atoms. The molecule has 2 rings (SSSR count). The Morgan fingerprint density at radius 2 is 1.79 bits per heavy atom. The zero-order valence-corrected chi connectivity index (χ0v) is 17.9. The normalized spacial score (nSPS) is 11.7. The van der Waals surface area contributed by atoms with Gasteiger partial charge in [-0.1, -0.05) is 67.1 Å². The summed E-state index contributed by atoms with van der Waals surface area (Å²) < 4.78 is 0. The van der Waals surface area contributed by atoms with Gasteiger partial charge in [0.15, 0.2) is 0 Å². The predicted molar refractivity (Wildman–Crippen MR) is 117 cm³/mol. The first-order valence-electron chi connectivity index (χ1n) is 9.45. The van der Waals surface area contributed by atoms with E-state index in [1.165, 1.54) is 11.8 Å². The molecule has 0 radical (unpaired) electrons. The summed E-state index contributed by atoms with van der Waals surface area (Å²) >= 11 is 7.70. The Hall–Kier alpha value is -1.98. The largest absolute Gasteiger partial charge is 0.354 e. The van der Waals surface area contributed by atoms with Crippen LogP contribution in [0.3, 0.4) is 0 Å². The van der Waals surface area contributed by atoms with E-state index in [2.05, 4.69) is 5.32 Å². The molecule has 0 saturated heterocycles. The molecule has 0 aliphatic rings. The van der Waals surface area contributed by atoms with Crippen LogP contribution in [0.4, 0.5) is 0 Å². The molecule has 0 aliphatic heterocycles. The van der Waals surface area contributed by atoms with Gasteiger partial charge < -0.3 is 10.2 Å². The summed E-state index contributed by atoms with van der Waals surface area (Å²) in [7, 11) is 0. The van der Waals surface area contributed by atoms with Crippen LogP contribution in [0.2, 0.25) is 5.02 Å². The fraction of sp³-hybridized carbons (Fsp3) is 0.364. The molecule has 2 aromatic rings. The fourth-order valence-electron chi connectivity index (χ4n) is 2.71. The van der Waals surface area contributed by atoms with Crippen molar-refractivity contribution >= 4 is 35.2 Å². The summed E-state index contributed by atoms with van der Waals surface area (Å²) in [6, 6.07) is 16.8. The SMILES string of the molecule is CCCNC(=O)[C@H](C)N(Cc1ccccc1)C(=O)CSCc1ccccc1Cl. The lowest BCUT2D eigenvalue weighted by Gasteiger charge is -2.28. The van der Waals surface area contributed by atoms with Crippen LogP contribution >= 0.6 is 23.4 Å². The minimum Gasteiger partial charge on any atom is -0.354 e. The van der Waals surface area contributed by atoms with Gasteiger partial charge in [0, 0.05) is 23.9 Å². The summed E-state index contributed by atoms with van der Waals surface area (Å²) in [4.78, 5) is 27.0. The molecule has 0 heterocycles. The molecule has 6 heteroatoms. The highest BCUT2D eigenvalue weighted by molar-refractivity contribution is 7.99.